The SMILES string of the molecule is CCCn1c(SCC)nnc1-c1ccc(Cl)cc1. The molecule has 1 aromatic heterocycles. The van der Waals surface area contributed by atoms with E-state index in [1.807, 2.05) is 24.3 Å². The number of thioether (sulfide) groups is 1. The summed E-state index contributed by atoms with van der Waals surface area (Å²) in [5.74, 6) is 1.92. The molecule has 0 amide bonds. The Balaban J connectivity index is 2.40. The predicted octanol–water partition coefficient (Wildman–Crippen LogP) is 4.12. The lowest BCUT2D eigenvalue weighted by atomic mass is 10.2. The minimum absolute atomic E-state index is 0.739. The summed E-state index contributed by atoms with van der Waals surface area (Å²) < 4.78 is 2.18. The maximum absolute atomic E-state index is 5.91. The van der Waals surface area contributed by atoms with Crippen LogP contribution in [0.1, 0.15) is 20.3 Å². The van der Waals surface area contributed by atoms with Gasteiger partial charge in [-0.25, -0.2) is 0 Å². The molecule has 0 atom stereocenters. The molecule has 0 saturated carbocycles. The lowest BCUT2D eigenvalue weighted by Crippen LogP contribution is -2.01. The quantitative estimate of drug-likeness (QED) is 0.773. The first-order chi connectivity index (χ1) is 8.76. The van der Waals surface area contributed by atoms with Gasteiger partial charge in [0.15, 0.2) is 11.0 Å². The van der Waals surface area contributed by atoms with Crippen LogP contribution >= 0.6 is 23.4 Å². The maximum Gasteiger partial charge on any atom is 0.191 e. The number of hydrogen-bond donors (Lipinski definition) is 0. The molecule has 0 unspecified atom stereocenters. The first-order valence-electron chi connectivity index (χ1n) is 6.08. The minimum Gasteiger partial charge on any atom is -0.302 e. The monoisotopic (exact) mass is 281 g/mol. The van der Waals surface area contributed by atoms with Crippen molar-refractivity contribution in [3.63, 3.8) is 0 Å². The van der Waals surface area contributed by atoms with E-state index in [-0.39, 0.29) is 0 Å². The van der Waals surface area contributed by atoms with Gasteiger partial charge in [0.2, 0.25) is 0 Å². The fourth-order valence-electron chi connectivity index (χ4n) is 1.76. The fraction of sp³-hybridized carbons (Fsp3) is 0.385. The number of benzene rings is 1. The van der Waals surface area contributed by atoms with E-state index >= 15 is 0 Å². The summed E-state index contributed by atoms with van der Waals surface area (Å²) >= 11 is 7.63. The van der Waals surface area contributed by atoms with E-state index in [1.54, 1.807) is 11.8 Å². The molecule has 2 aromatic rings. The van der Waals surface area contributed by atoms with Crippen LogP contribution in [0.25, 0.3) is 11.4 Å². The van der Waals surface area contributed by atoms with Crippen LogP contribution in [0.3, 0.4) is 0 Å². The van der Waals surface area contributed by atoms with Gasteiger partial charge in [-0.1, -0.05) is 37.2 Å². The third-order valence-corrected chi connectivity index (χ3v) is 3.64. The number of halogens is 1. The molecule has 0 aliphatic carbocycles. The van der Waals surface area contributed by atoms with Crippen LogP contribution in [0, 0.1) is 0 Å². The van der Waals surface area contributed by atoms with E-state index in [0.717, 1.165) is 40.3 Å². The first-order valence-corrected chi connectivity index (χ1v) is 7.44. The summed E-state index contributed by atoms with van der Waals surface area (Å²) in [7, 11) is 0. The van der Waals surface area contributed by atoms with Gasteiger partial charge in [0.25, 0.3) is 0 Å². The summed E-state index contributed by atoms with van der Waals surface area (Å²) in [5.41, 5.74) is 1.06. The van der Waals surface area contributed by atoms with Crippen molar-refractivity contribution in [3.8, 4) is 11.4 Å². The molecule has 96 valence electrons. The van der Waals surface area contributed by atoms with Crippen LogP contribution < -0.4 is 0 Å². The highest BCUT2D eigenvalue weighted by atomic mass is 35.5. The Morgan fingerprint density at radius 1 is 1.17 bits per heavy atom. The van der Waals surface area contributed by atoms with Crippen molar-refractivity contribution in [1.29, 1.82) is 0 Å². The Labute approximate surface area is 117 Å². The van der Waals surface area contributed by atoms with Gasteiger partial charge in [-0.3, -0.25) is 0 Å². The zero-order valence-electron chi connectivity index (χ0n) is 10.6. The molecule has 18 heavy (non-hydrogen) atoms. The van der Waals surface area contributed by atoms with Crippen molar-refractivity contribution >= 4 is 23.4 Å². The molecule has 5 heteroatoms. The van der Waals surface area contributed by atoms with E-state index in [9.17, 15) is 0 Å². The van der Waals surface area contributed by atoms with Gasteiger partial charge < -0.3 is 4.57 Å². The standard InChI is InChI=1S/C13H16ClN3S/c1-3-9-17-12(15-16-13(17)18-4-2)10-5-7-11(14)8-6-10/h5-8H,3-4,9H2,1-2H3. The average molecular weight is 282 g/mol. The van der Waals surface area contributed by atoms with Crippen molar-refractivity contribution in [2.24, 2.45) is 0 Å². The highest BCUT2D eigenvalue weighted by molar-refractivity contribution is 7.99. The molecule has 2 rings (SSSR count). The topological polar surface area (TPSA) is 30.7 Å². The summed E-state index contributed by atoms with van der Waals surface area (Å²) in [6.45, 7) is 5.22. The molecule has 0 spiro atoms. The van der Waals surface area contributed by atoms with Crippen LogP contribution in [-0.4, -0.2) is 20.5 Å². The molecule has 0 bridgehead atoms. The maximum atomic E-state index is 5.91. The van der Waals surface area contributed by atoms with Gasteiger partial charge >= 0.3 is 0 Å². The number of rotatable bonds is 5. The molecule has 0 fully saturated rings. The average Bonchev–Trinajstić information content (AvgIpc) is 2.75. The van der Waals surface area contributed by atoms with Crippen molar-refractivity contribution in [2.45, 2.75) is 32.0 Å². The van der Waals surface area contributed by atoms with Gasteiger partial charge in [0.05, 0.1) is 0 Å². The normalized spacial score (nSPS) is 10.8. The third kappa shape index (κ3) is 2.87. The van der Waals surface area contributed by atoms with E-state index in [4.69, 9.17) is 11.6 Å². The lowest BCUT2D eigenvalue weighted by molar-refractivity contribution is 0.626. The van der Waals surface area contributed by atoms with Crippen LogP contribution in [0.15, 0.2) is 29.4 Å². The Morgan fingerprint density at radius 2 is 1.89 bits per heavy atom. The highest BCUT2D eigenvalue weighted by Crippen LogP contribution is 2.25. The smallest absolute Gasteiger partial charge is 0.191 e. The van der Waals surface area contributed by atoms with Gasteiger partial charge in [-0.2, -0.15) is 0 Å². The van der Waals surface area contributed by atoms with Crippen LogP contribution in [0.5, 0.6) is 0 Å². The van der Waals surface area contributed by atoms with Crippen molar-refractivity contribution < 1.29 is 0 Å². The summed E-state index contributed by atoms with van der Waals surface area (Å²) in [6.07, 6.45) is 1.07. The highest BCUT2D eigenvalue weighted by Gasteiger charge is 2.12. The summed E-state index contributed by atoms with van der Waals surface area (Å²) in [5, 5.41) is 10.3. The number of hydrogen-bond acceptors (Lipinski definition) is 3. The van der Waals surface area contributed by atoms with E-state index in [2.05, 4.69) is 28.6 Å². The van der Waals surface area contributed by atoms with Crippen LogP contribution in [0.2, 0.25) is 5.02 Å². The fourth-order valence-corrected chi connectivity index (χ4v) is 2.58. The van der Waals surface area contributed by atoms with Gasteiger partial charge in [-0.15, -0.1) is 10.2 Å². The Hall–Kier alpha value is -1.00. The molecule has 0 aliphatic heterocycles. The molecule has 3 nitrogen and oxygen atoms in total. The minimum atomic E-state index is 0.739. The molecular formula is C13H16ClN3S. The van der Waals surface area contributed by atoms with Crippen molar-refractivity contribution in [1.82, 2.24) is 14.8 Å². The second-order valence-electron chi connectivity index (χ2n) is 3.90. The number of aromatic nitrogens is 3. The van der Waals surface area contributed by atoms with Crippen molar-refractivity contribution in [3.05, 3.63) is 29.3 Å². The van der Waals surface area contributed by atoms with Crippen LogP contribution in [0.4, 0.5) is 0 Å². The lowest BCUT2D eigenvalue weighted by Gasteiger charge is -2.08. The Morgan fingerprint density at radius 3 is 2.50 bits per heavy atom. The molecule has 0 N–H and O–H groups in total. The largest absolute Gasteiger partial charge is 0.302 e. The first kappa shape index (κ1) is 13.4. The van der Waals surface area contributed by atoms with Gasteiger partial charge in [-0.05, 0) is 36.4 Å². The molecule has 0 aliphatic rings. The third-order valence-electron chi connectivity index (χ3n) is 2.54. The second-order valence-corrected chi connectivity index (χ2v) is 5.57. The molecule has 1 heterocycles. The van der Waals surface area contributed by atoms with Crippen LogP contribution in [-0.2, 0) is 6.54 Å². The van der Waals surface area contributed by atoms with Gasteiger partial charge in [0, 0.05) is 17.1 Å². The number of nitrogens with zero attached hydrogens (tertiary/aromatic N) is 3. The molecule has 0 saturated heterocycles. The summed E-state index contributed by atoms with van der Waals surface area (Å²) in [4.78, 5) is 0. The van der Waals surface area contributed by atoms with E-state index < -0.39 is 0 Å². The molecule has 1 aromatic carbocycles. The van der Waals surface area contributed by atoms with E-state index in [0.29, 0.717) is 0 Å². The second kappa shape index (κ2) is 6.25. The zero-order valence-corrected chi connectivity index (χ0v) is 12.1. The Bertz CT molecular complexity index is 507. The van der Waals surface area contributed by atoms with Gasteiger partial charge in [0.1, 0.15) is 0 Å². The molecular weight excluding hydrogens is 266 g/mol. The predicted molar refractivity (Wildman–Crippen MR) is 77.2 cm³/mol. The molecule has 0 radical (unpaired) electrons. The van der Waals surface area contributed by atoms with Crippen molar-refractivity contribution in [2.75, 3.05) is 5.75 Å². The Kier molecular flexibility index (Phi) is 4.66. The zero-order chi connectivity index (χ0) is 13.0. The summed E-state index contributed by atoms with van der Waals surface area (Å²) in [6, 6.07) is 7.74. The van der Waals surface area contributed by atoms with E-state index in [1.165, 1.54) is 0 Å².